The summed E-state index contributed by atoms with van der Waals surface area (Å²) < 4.78 is 13.5. The van der Waals surface area contributed by atoms with Gasteiger partial charge in [0.2, 0.25) is 0 Å². The third-order valence-corrected chi connectivity index (χ3v) is 15.0. The standard InChI is InChI=1S/C37H47NO3S2/c1-24(2)43(25(3)4,26(5)6)41-31-15-13-28(14-16-31)37-35(33-18-17-32(40-8)22-34(33)42-37)36(39)29-11-12-30(27(7)21-29)23-38-19-9-10-20-38/h11-18,21-22,24-26H,9-10,19-20,23H2,1-8H3. The fourth-order valence-corrected chi connectivity index (χ4v) is 12.2. The van der Waals surface area contributed by atoms with Crippen molar-refractivity contribution in [3.8, 4) is 21.9 Å². The van der Waals surface area contributed by atoms with Crippen LogP contribution in [0.2, 0.25) is 0 Å². The summed E-state index contributed by atoms with van der Waals surface area (Å²) >= 11 is 1.65. The van der Waals surface area contributed by atoms with Crippen LogP contribution in [0.25, 0.3) is 20.5 Å². The van der Waals surface area contributed by atoms with E-state index in [-0.39, 0.29) is 5.78 Å². The number of hydrogen-bond donors (Lipinski definition) is 0. The van der Waals surface area contributed by atoms with Gasteiger partial charge in [-0.25, -0.2) is 0 Å². The van der Waals surface area contributed by atoms with Crippen molar-refractivity contribution in [2.24, 2.45) is 0 Å². The Morgan fingerprint density at radius 1 is 0.860 bits per heavy atom. The third-order valence-electron chi connectivity index (χ3n) is 8.89. The molecule has 0 amide bonds. The van der Waals surface area contributed by atoms with Gasteiger partial charge in [0.15, 0.2) is 5.78 Å². The van der Waals surface area contributed by atoms with Crippen molar-refractivity contribution in [3.05, 3.63) is 82.9 Å². The van der Waals surface area contributed by atoms with E-state index in [0.29, 0.717) is 15.7 Å². The molecule has 2 heterocycles. The number of carbonyl (C=O) groups excluding carboxylic acids is 1. The Balaban J connectivity index is 1.52. The van der Waals surface area contributed by atoms with Crippen LogP contribution in [0.4, 0.5) is 0 Å². The molecule has 1 aromatic heterocycles. The lowest BCUT2D eigenvalue weighted by atomic mass is 9.95. The average Bonchev–Trinajstić information content (AvgIpc) is 3.63. The minimum atomic E-state index is -1.35. The molecule has 0 N–H and O–H groups in total. The zero-order valence-electron chi connectivity index (χ0n) is 27.0. The second-order valence-corrected chi connectivity index (χ2v) is 18.0. The van der Waals surface area contributed by atoms with E-state index in [1.807, 2.05) is 24.3 Å². The fourth-order valence-electron chi connectivity index (χ4n) is 6.72. The molecular formula is C37H47NO3S2. The van der Waals surface area contributed by atoms with E-state index in [0.717, 1.165) is 62.8 Å². The SMILES string of the molecule is COc1ccc2c(C(=O)c3ccc(CN4CCCC4)c(C)c3)c(-c3ccc(OS(C(C)C)(C(C)C)C(C)C)cc3)sc2c1. The minimum Gasteiger partial charge on any atom is -0.497 e. The summed E-state index contributed by atoms with van der Waals surface area (Å²) in [5.74, 6) is 1.75. The Kier molecular flexibility index (Phi) is 9.60. The van der Waals surface area contributed by atoms with Crippen LogP contribution in [-0.2, 0) is 6.54 Å². The molecule has 1 aliphatic heterocycles. The van der Waals surface area contributed by atoms with Crippen LogP contribution >= 0.6 is 21.6 Å². The Morgan fingerprint density at radius 3 is 2.07 bits per heavy atom. The third kappa shape index (κ3) is 6.25. The summed E-state index contributed by atoms with van der Waals surface area (Å²) in [6.45, 7) is 19.1. The topological polar surface area (TPSA) is 38.8 Å². The number of ether oxygens (including phenoxy) is 1. The predicted molar refractivity (Wildman–Crippen MR) is 187 cm³/mol. The lowest BCUT2D eigenvalue weighted by Crippen LogP contribution is -2.32. The zero-order chi connectivity index (χ0) is 30.9. The number of thiophene rings is 1. The number of aryl methyl sites for hydroxylation is 1. The first-order chi connectivity index (χ1) is 20.5. The van der Waals surface area contributed by atoms with Crippen LogP contribution in [0.1, 0.15) is 81.4 Å². The fraction of sp³-hybridized carbons (Fsp3) is 0.432. The number of likely N-dealkylation sites (tertiary alicyclic amines) is 1. The van der Waals surface area contributed by atoms with Crippen LogP contribution in [0, 0.1) is 6.92 Å². The highest BCUT2D eigenvalue weighted by Crippen LogP contribution is 2.60. The van der Waals surface area contributed by atoms with Crippen molar-refractivity contribution in [2.75, 3.05) is 20.2 Å². The molecule has 0 aliphatic carbocycles. The molecule has 0 spiro atoms. The zero-order valence-corrected chi connectivity index (χ0v) is 28.7. The number of benzene rings is 3. The number of ketones is 1. The summed E-state index contributed by atoms with van der Waals surface area (Å²) in [7, 11) is 0.334. The first kappa shape index (κ1) is 31.6. The van der Waals surface area contributed by atoms with Crippen LogP contribution in [0.15, 0.2) is 60.7 Å². The van der Waals surface area contributed by atoms with Crippen molar-refractivity contribution in [2.45, 2.75) is 83.6 Å². The predicted octanol–water partition coefficient (Wildman–Crippen LogP) is 10.0. The molecular weight excluding hydrogens is 571 g/mol. The molecule has 3 aromatic carbocycles. The van der Waals surface area contributed by atoms with Crippen molar-refractivity contribution >= 4 is 37.5 Å². The molecule has 0 bridgehead atoms. The Morgan fingerprint density at radius 2 is 1.49 bits per heavy atom. The Labute approximate surface area is 263 Å². The van der Waals surface area contributed by atoms with Gasteiger partial charge in [0.25, 0.3) is 0 Å². The quantitative estimate of drug-likeness (QED) is 0.157. The summed E-state index contributed by atoms with van der Waals surface area (Å²) in [5.41, 5.74) is 5.00. The van der Waals surface area contributed by atoms with E-state index in [2.05, 4.69) is 89.8 Å². The Hall–Kier alpha value is -2.80. The van der Waals surface area contributed by atoms with Crippen LogP contribution < -0.4 is 8.92 Å². The molecule has 1 fully saturated rings. The monoisotopic (exact) mass is 617 g/mol. The molecule has 1 aliphatic rings. The van der Waals surface area contributed by atoms with Crippen molar-refractivity contribution in [1.82, 2.24) is 4.90 Å². The van der Waals surface area contributed by atoms with Crippen LogP contribution in [0.3, 0.4) is 0 Å². The van der Waals surface area contributed by atoms with Gasteiger partial charge < -0.3 is 8.92 Å². The Bertz CT molecular complexity index is 1560. The maximum absolute atomic E-state index is 14.3. The number of fused-ring (bicyclic) bond motifs is 1. The molecule has 43 heavy (non-hydrogen) atoms. The lowest BCUT2D eigenvalue weighted by Gasteiger charge is -2.50. The molecule has 0 radical (unpaired) electrons. The van der Waals surface area contributed by atoms with Gasteiger partial charge in [-0.05, 0) is 98.1 Å². The molecule has 0 unspecified atom stereocenters. The summed E-state index contributed by atoms with van der Waals surface area (Å²) in [5, 5.41) is 2.30. The second-order valence-electron chi connectivity index (χ2n) is 12.6. The maximum atomic E-state index is 14.3. The number of nitrogens with zero attached hydrogens (tertiary/aromatic N) is 1. The van der Waals surface area contributed by atoms with Crippen molar-refractivity contribution < 1.29 is 13.7 Å². The summed E-state index contributed by atoms with van der Waals surface area (Å²) in [6.07, 6.45) is 2.55. The molecule has 1 saturated heterocycles. The molecule has 6 heteroatoms. The lowest BCUT2D eigenvalue weighted by molar-refractivity contribution is 0.104. The molecule has 5 rings (SSSR count). The van der Waals surface area contributed by atoms with Gasteiger partial charge in [0, 0.05) is 48.4 Å². The van der Waals surface area contributed by atoms with Gasteiger partial charge >= 0.3 is 0 Å². The minimum absolute atomic E-state index is 0.0606. The number of hydrogen-bond acceptors (Lipinski definition) is 5. The van der Waals surface area contributed by atoms with E-state index >= 15 is 0 Å². The van der Waals surface area contributed by atoms with Gasteiger partial charge in [-0.3, -0.25) is 9.69 Å². The van der Waals surface area contributed by atoms with Gasteiger partial charge in [-0.15, -0.1) is 11.3 Å². The van der Waals surface area contributed by atoms with Gasteiger partial charge in [0.1, 0.15) is 11.5 Å². The number of methoxy groups -OCH3 is 1. The normalized spacial score (nSPS) is 14.8. The van der Waals surface area contributed by atoms with E-state index in [9.17, 15) is 4.79 Å². The first-order valence-corrected chi connectivity index (χ1v) is 18.2. The van der Waals surface area contributed by atoms with Gasteiger partial charge in [0.05, 0.1) is 7.11 Å². The van der Waals surface area contributed by atoms with Gasteiger partial charge in [-0.1, -0.05) is 64.0 Å². The molecule has 0 atom stereocenters. The average molecular weight is 618 g/mol. The summed E-state index contributed by atoms with van der Waals surface area (Å²) in [6, 6.07) is 20.6. The highest BCUT2D eigenvalue weighted by atomic mass is 32.3. The van der Waals surface area contributed by atoms with E-state index in [4.69, 9.17) is 8.92 Å². The smallest absolute Gasteiger partial charge is 0.195 e. The summed E-state index contributed by atoms with van der Waals surface area (Å²) in [4.78, 5) is 17.8. The van der Waals surface area contributed by atoms with Gasteiger partial charge in [-0.2, -0.15) is 0 Å². The molecule has 4 aromatic rings. The molecule has 230 valence electrons. The maximum Gasteiger partial charge on any atom is 0.195 e. The van der Waals surface area contributed by atoms with E-state index in [1.165, 1.54) is 24.0 Å². The number of rotatable bonds is 11. The molecule has 0 saturated carbocycles. The largest absolute Gasteiger partial charge is 0.497 e. The van der Waals surface area contributed by atoms with Crippen molar-refractivity contribution in [3.63, 3.8) is 0 Å². The number of carbonyl (C=O) groups is 1. The van der Waals surface area contributed by atoms with Crippen LogP contribution in [-0.4, -0.2) is 46.6 Å². The second kappa shape index (κ2) is 13.1. The van der Waals surface area contributed by atoms with Crippen LogP contribution in [0.5, 0.6) is 11.5 Å². The van der Waals surface area contributed by atoms with Crippen molar-refractivity contribution in [1.29, 1.82) is 0 Å². The first-order valence-electron chi connectivity index (χ1n) is 15.6. The highest BCUT2D eigenvalue weighted by Gasteiger charge is 2.37. The van der Waals surface area contributed by atoms with E-state index in [1.54, 1.807) is 18.4 Å². The molecule has 4 nitrogen and oxygen atoms in total. The highest BCUT2D eigenvalue weighted by molar-refractivity contribution is 8.31. The van der Waals surface area contributed by atoms with E-state index < -0.39 is 10.3 Å².